The van der Waals surface area contributed by atoms with E-state index in [0.29, 0.717) is 5.92 Å². The number of rotatable bonds is 0. The molecule has 0 unspecified atom stereocenters. The van der Waals surface area contributed by atoms with Crippen LogP contribution in [0.15, 0.2) is 5.16 Å². The van der Waals surface area contributed by atoms with Gasteiger partial charge >= 0.3 is 0 Å². The quantitative estimate of drug-likeness (QED) is 0.230. The second-order valence-corrected chi connectivity index (χ2v) is 4.09. The van der Waals surface area contributed by atoms with Crippen molar-refractivity contribution in [1.82, 2.24) is 0 Å². The number of hydrogen-bond donors (Lipinski definition) is 1. The van der Waals surface area contributed by atoms with Crippen molar-refractivity contribution in [2.24, 2.45) is 11.1 Å². The third-order valence-electron chi connectivity index (χ3n) is 3.18. The lowest BCUT2D eigenvalue weighted by atomic mass is 9.85. The van der Waals surface area contributed by atoms with Crippen molar-refractivity contribution in [3.63, 3.8) is 0 Å². The van der Waals surface area contributed by atoms with Crippen molar-refractivity contribution in [1.29, 1.82) is 0 Å². The van der Waals surface area contributed by atoms with E-state index < -0.39 is 0 Å². The Labute approximate surface area is 90.0 Å². The molecular formula is C8H15IN2O. The van der Waals surface area contributed by atoms with Crippen LogP contribution in [0.3, 0.4) is 0 Å². The van der Waals surface area contributed by atoms with E-state index in [1.807, 2.05) is 0 Å². The highest BCUT2D eigenvalue weighted by Gasteiger charge is 2.41. The maximum absolute atomic E-state index is 8.71. The number of quaternary nitrogens is 1. The van der Waals surface area contributed by atoms with Crippen LogP contribution in [0.1, 0.15) is 12.8 Å². The van der Waals surface area contributed by atoms with Crippen molar-refractivity contribution in [2.45, 2.75) is 12.8 Å². The fraction of sp³-hybridized carbons (Fsp3) is 0.875. The van der Waals surface area contributed by atoms with Gasteiger partial charge in [-0.1, -0.05) is 5.16 Å². The van der Waals surface area contributed by atoms with Gasteiger partial charge in [-0.05, 0) is 0 Å². The first-order valence-electron chi connectivity index (χ1n) is 4.28. The number of piperidine rings is 3. The Morgan fingerprint density at radius 1 is 1.42 bits per heavy atom. The Morgan fingerprint density at radius 2 is 2.00 bits per heavy atom. The van der Waals surface area contributed by atoms with Crippen molar-refractivity contribution in [3.8, 4) is 0 Å². The van der Waals surface area contributed by atoms with Crippen LogP contribution >= 0.6 is 0 Å². The van der Waals surface area contributed by atoms with E-state index in [2.05, 4.69) is 12.2 Å². The maximum Gasteiger partial charge on any atom is 0.121 e. The minimum Gasteiger partial charge on any atom is -1.00 e. The first kappa shape index (κ1) is 10.2. The van der Waals surface area contributed by atoms with Crippen molar-refractivity contribution in [3.05, 3.63) is 0 Å². The van der Waals surface area contributed by atoms with E-state index >= 15 is 0 Å². The summed E-state index contributed by atoms with van der Waals surface area (Å²) in [6.07, 6.45) is 2.44. The first-order valence-corrected chi connectivity index (χ1v) is 4.28. The molecule has 2 bridgehead atoms. The summed E-state index contributed by atoms with van der Waals surface area (Å²) < 4.78 is 1.09. The Balaban J connectivity index is 0.000000720. The van der Waals surface area contributed by atoms with Crippen LogP contribution in [-0.2, 0) is 0 Å². The molecule has 12 heavy (non-hydrogen) atoms. The normalized spacial score (nSPS) is 42.8. The fourth-order valence-electron chi connectivity index (χ4n) is 2.32. The molecule has 3 nitrogen and oxygen atoms in total. The van der Waals surface area contributed by atoms with Crippen LogP contribution in [0.25, 0.3) is 0 Å². The molecule has 0 aromatic heterocycles. The molecule has 0 spiro atoms. The largest absolute Gasteiger partial charge is 1.00 e. The van der Waals surface area contributed by atoms with Gasteiger partial charge in [0, 0.05) is 18.8 Å². The molecule has 3 aliphatic heterocycles. The molecule has 0 aliphatic carbocycles. The standard InChI is InChI=1S/C8H14N2O.HI/c1-10-4-2-7(3-5-10)8(6-10)9-11;/h7H,2-6H2,1H3;1H/b9-8-;. The highest BCUT2D eigenvalue weighted by molar-refractivity contribution is 5.88. The minimum absolute atomic E-state index is 0. The van der Waals surface area contributed by atoms with Crippen molar-refractivity contribution >= 4 is 5.71 Å². The van der Waals surface area contributed by atoms with Gasteiger partial charge in [-0.15, -0.1) is 0 Å². The Morgan fingerprint density at radius 3 is 2.33 bits per heavy atom. The van der Waals surface area contributed by atoms with Crippen molar-refractivity contribution < 1.29 is 33.7 Å². The Hall–Kier alpha value is 0.160. The molecule has 1 N–H and O–H groups in total. The van der Waals surface area contributed by atoms with Gasteiger partial charge in [0.25, 0.3) is 0 Å². The minimum atomic E-state index is 0. The molecule has 3 rings (SSSR count). The van der Waals surface area contributed by atoms with E-state index in [0.717, 1.165) is 16.7 Å². The van der Waals surface area contributed by atoms with Gasteiger partial charge in [0.05, 0.1) is 20.1 Å². The lowest BCUT2D eigenvalue weighted by Crippen LogP contribution is -3.00. The zero-order valence-corrected chi connectivity index (χ0v) is 9.49. The molecule has 3 saturated heterocycles. The van der Waals surface area contributed by atoms with Gasteiger partial charge in [-0.3, -0.25) is 0 Å². The highest BCUT2D eigenvalue weighted by Crippen LogP contribution is 2.29. The van der Waals surface area contributed by atoms with Crippen LogP contribution in [0, 0.1) is 5.92 Å². The smallest absolute Gasteiger partial charge is 0.121 e. The number of nitrogens with zero attached hydrogens (tertiary/aromatic N) is 2. The number of halogens is 1. The molecule has 0 amide bonds. The average molecular weight is 282 g/mol. The van der Waals surface area contributed by atoms with Gasteiger partial charge in [0.15, 0.2) is 0 Å². The summed E-state index contributed by atoms with van der Waals surface area (Å²) in [6.45, 7) is 3.51. The zero-order chi connectivity index (χ0) is 7.90. The summed E-state index contributed by atoms with van der Waals surface area (Å²) >= 11 is 0. The van der Waals surface area contributed by atoms with Gasteiger partial charge in [0.2, 0.25) is 0 Å². The predicted octanol–water partition coefficient (Wildman–Crippen LogP) is -2.31. The first-order chi connectivity index (χ1) is 5.23. The van der Waals surface area contributed by atoms with Crippen LogP contribution in [0.2, 0.25) is 0 Å². The van der Waals surface area contributed by atoms with Gasteiger partial charge in [-0.25, -0.2) is 0 Å². The topological polar surface area (TPSA) is 32.6 Å². The third-order valence-corrected chi connectivity index (χ3v) is 3.18. The maximum atomic E-state index is 8.71. The summed E-state index contributed by atoms with van der Waals surface area (Å²) in [5, 5.41) is 12.1. The molecule has 0 aromatic rings. The predicted molar refractivity (Wildman–Crippen MR) is 42.7 cm³/mol. The molecule has 0 saturated carbocycles. The fourth-order valence-corrected chi connectivity index (χ4v) is 2.32. The van der Waals surface area contributed by atoms with E-state index in [1.165, 1.54) is 25.9 Å². The van der Waals surface area contributed by atoms with E-state index in [-0.39, 0.29) is 24.0 Å². The van der Waals surface area contributed by atoms with Crippen molar-refractivity contribution in [2.75, 3.05) is 26.7 Å². The molecule has 4 heteroatoms. The van der Waals surface area contributed by atoms with Crippen LogP contribution in [-0.4, -0.2) is 42.1 Å². The van der Waals surface area contributed by atoms with Gasteiger partial charge in [0.1, 0.15) is 12.3 Å². The van der Waals surface area contributed by atoms with Crippen LogP contribution < -0.4 is 24.0 Å². The summed E-state index contributed by atoms with van der Waals surface area (Å²) in [5.41, 5.74) is 1.03. The Bertz CT molecular complexity index is 197. The van der Waals surface area contributed by atoms with Crippen LogP contribution in [0.4, 0.5) is 0 Å². The summed E-state index contributed by atoms with van der Waals surface area (Å²) in [4.78, 5) is 0. The molecule has 0 aromatic carbocycles. The zero-order valence-electron chi connectivity index (χ0n) is 7.33. The highest BCUT2D eigenvalue weighted by atomic mass is 127. The number of hydrogen-bond acceptors (Lipinski definition) is 2. The lowest BCUT2D eigenvalue weighted by molar-refractivity contribution is -0.911. The monoisotopic (exact) mass is 282 g/mol. The number of oxime groups is 1. The Kier molecular flexibility index (Phi) is 2.98. The second-order valence-electron chi connectivity index (χ2n) is 4.09. The van der Waals surface area contributed by atoms with E-state index in [1.54, 1.807) is 0 Å². The number of fused-ring (bicyclic) bond motifs is 3. The summed E-state index contributed by atoms with van der Waals surface area (Å²) in [7, 11) is 2.25. The van der Waals surface area contributed by atoms with Gasteiger partial charge < -0.3 is 33.7 Å². The molecule has 0 radical (unpaired) electrons. The summed E-state index contributed by atoms with van der Waals surface area (Å²) in [5.74, 6) is 0.597. The molecular weight excluding hydrogens is 267 g/mol. The van der Waals surface area contributed by atoms with E-state index in [9.17, 15) is 0 Å². The van der Waals surface area contributed by atoms with Gasteiger partial charge in [-0.2, -0.15) is 0 Å². The van der Waals surface area contributed by atoms with E-state index in [4.69, 9.17) is 5.21 Å². The second kappa shape index (κ2) is 3.49. The molecule has 3 heterocycles. The molecule has 3 fully saturated rings. The average Bonchev–Trinajstić information content (AvgIpc) is 2.04. The SMILES string of the molecule is C[N+]12CCC(CC1)/C(=N\O)C2.[I-]. The molecule has 70 valence electrons. The third kappa shape index (κ3) is 1.59. The summed E-state index contributed by atoms with van der Waals surface area (Å²) in [6, 6.07) is 0. The molecule has 0 atom stereocenters. The lowest BCUT2D eigenvalue weighted by Gasteiger charge is -2.46. The molecule has 3 aliphatic rings. The van der Waals surface area contributed by atoms with Crippen LogP contribution in [0.5, 0.6) is 0 Å².